The van der Waals surface area contributed by atoms with Crippen molar-refractivity contribution >= 4 is 46.8 Å². The third-order valence-electron chi connectivity index (χ3n) is 4.41. The number of nitrogens with one attached hydrogen (secondary N) is 1. The van der Waals surface area contributed by atoms with Gasteiger partial charge in [0, 0.05) is 18.6 Å². The Kier molecular flexibility index (Phi) is 10.3. The van der Waals surface area contributed by atoms with E-state index in [0.29, 0.717) is 47.4 Å². The minimum absolute atomic E-state index is 0.132. The highest BCUT2D eigenvalue weighted by Gasteiger charge is 2.24. The van der Waals surface area contributed by atoms with Crippen molar-refractivity contribution in [1.29, 1.82) is 0 Å². The highest BCUT2D eigenvalue weighted by Crippen LogP contribution is 2.17. The fourth-order valence-electron chi connectivity index (χ4n) is 2.80. The van der Waals surface area contributed by atoms with Crippen LogP contribution in [0.3, 0.4) is 0 Å². The standard InChI is InChI=1S/C22H26Cl2N2O3S/c1-26(12-6-13-29-17-8-5-7-16(23)15-17)22(28)20(11-14-30-2)25-21(27)18-9-3-4-10-19(18)24/h3-5,7-10,15,20H,6,11-14H2,1-2H3,(H,25,27). The molecule has 0 spiro atoms. The number of carbonyl (C=O) groups excluding carboxylic acids is 2. The van der Waals surface area contributed by atoms with Gasteiger partial charge in [0.05, 0.1) is 17.2 Å². The maximum atomic E-state index is 12.9. The van der Waals surface area contributed by atoms with Gasteiger partial charge in [0.2, 0.25) is 5.91 Å². The first kappa shape index (κ1) is 24.4. The Morgan fingerprint density at radius 3 is 2.63 bits per heavy atom. The predicted octanol–water partition coefficient (Wildman–Crippen LogP) is 4.77. The Balaban J connectivity index is 1.89. The number of benzene rings is 2. The van der Waals surface area contributed by atoms with E-state index in [-0.39, 0.29) is 11.8 Å². The third kappa shape index (κ3) is 7.74. The van der Waals surface area contributed by atoms with Gasteiger partial charge < -0.3 is 15.0 Å². The van der Waals surface area contributed by atoms with Crippen molar-refractivity contribution in [3.63, 3.8) is 0 Å². The van der Waals surface area contributed by atoms with Crippen LogP contribution in [0.2, 0.25) is 10.0 Å². The van der Waals surface area contributed by atoms with Gasteiger partial charge >= 0.3 is 0 Å². The summed E-state index contributed by atoms with van der Waals surface area (Å²) in [7, 11) is 1.73. The van der Waals surface area contributed by atoms with Gasteiger partial charge in [-0.05, 0) is 55.2 Å². The lowest BCUT2D eigenvalue weighted by Gasteiger charge is -2.25. The molecule has 1 unspecified atom stereocenters. The maximum Gasteiger partial charge on any atom is 0.253 e. The summed E-state index contributed by atoms with van der Waals surface area (Å²) in [5.41, 5.74) is 0.360. The van der Waals surface area contributed by atoms with Crippen LogP contribution in [0.25, 0.3) is 0 Å². The van der Waals surface area contributed by atoms with Gasteiger partial charge in [-0.2, -0.15) is 11.8 Å². The van der Waals surface area contributed by atoms with Gasteiger partial charge in [-0.25, -0.2) is 0 Å². The molecule has 0 saturated heterocycles. The predicted molar refractivity (Wildman–Crippen MR) is 125 cm³/mol. The molecule has 0 aliphatic heterocycles. The average molecular weight is 469 g/mol. The van der Waals surface area contributed by atoms with E-state index in [1.807, 2.05) is 18.4 Å². The summed E-state index contributed by atoms with van der Waals surface area (Å²) >= 11 is 13.7. The van der Waals surface area contributed by atoms with Crippen molar-refractivity contribution < 1.29 is 14.3 Å². The summed E-state index contributed by atoms with van der Waals surface area (Å²) in [6.07, 6.45) is 3.16. The van der Waals surface area contributed by atoms with Crippen LogP contribution in [0.15, 0.2) is 48.5 Å². The van der Waals surface area contributed by atoms with E-state index in [4.69, 9.17) is 27.9 Å². The molecule has 0 fully saturated rings. The number of likely N-dealkylation sites (N-methyl/N-ethyl adjacent to an activating group) is 1. The molecule has 0 aromatic heterocycles. The lowest BCUT2D eigenvalue weighted by molar-refractivity contribution is -0.132. The van der Waals surface area contributed by atoms with E-state index < -0.39 is 6.04 Å². The fraction of sp³-hybridized carbons (Fsp3) is 0.364. The van der Waals surface area contributed by atoms with E-state index in [0.717, 1.165) is 5.75 Å². The molecule has 0 aliphatic rings. The normalized spacial score (nSPS) is 11.6. The minimum Gasteiger partial charge on any atom is -0.493 e. The molecule has 2 amide bonds. The number of halogens is 2. The van der Waals surface area contributed by atoms with Crippen LogP contribution in [0.5, 0.6) is 5.75 Å². The summed E-state index contributed by atoms with van der Waals surface area (Å²) in [6.45, 7) is 0.969. The van der Waals surface area contributed by atoms with Crippen molar-refractivity contribution in [1.82, 2.24) is 10.2 Å². The third-order valence-corrected chi connectivity index (χ3v) is 5.62. The number of nitrogens with zero attached hydrogens (tertiary/aromatic N) is 1. The number of ether oxygens (including phenoxy) is 1. The monoisotopic (exact) mass is 468 g/mol. The molecule has 2 rings (SSSR count). The molecule has 0 radical (unpaired) electrons. The number of carbonyl (C=O) groups is 2. The number of hydrogen-bond donors (Lipinski definition) is 1. The highest BCUT2D eigenvalue weighted by molar-refractivity contribution is 7.98. The number of hydrogen-bond acceptors (Lipinski definition) is 4. The van der Waals surface area contributed by atoms with Crippen LogP contribution >= 0.6 is 35.0 Å². The Morgan fingerprint density at radius 1 is 1.17 bits per heavy atom. The van der Waals surface area contributed by atoms with E-state index in [2.05, 4.69) is 5.32 Å². The number of thioether (sulfide) groups is 1. The molecule has 1 atom stereocenters. The summed E-state index contributed by atoms with van der Waals surface area (Å²) in [6, 6.07) is 13.4. The Bertz CT molecular complexity index is 851. The van der Waals surface area contributed by atoms with Gasteiger partial charge in [0.25, 0.3) is 5.91 Å². The lowest BCUT2D eigenvalue weighted by atomic mass is 10.1. The van der Waals surface area contributed by atoms with Gasteiger partial charge in [-0.15, -0.1) is 0 Å². The molecule has 8 heteroatoms. The molecule has 162 valence electrons. The second-order valence-electron chi connectivity index (χ2n) is 6.71. The molecule has 0 saturated carbocycles. The first-order chi connectivity index (χ1) is 14.4. The van der Waals surface area contributed by atoms with Crippen LogP contribution in [0.4, 0.5) is 0 Å². The van der Waals surface area contributed by atoms with Crippen molar-refractivity contribution in [2.45, 2.75) is 18.9 Å². The zero-order valence-corrected chi connectivity index (χ0v) is 19.4. The van der Waals surface area contributed by atoms with Crippen molar-refractivity contribution in [2.75, 3.05) is 32.2 Å². The van der Waals surface area contributed by atoms with E-state index >= 15 is 0 Å². The van der Waals surface area contributed by atoms with Crippen molar-refractivity contribution in [3.8, 4) is 5.75 Å². The lowest BCUT2D eigenvalue weighted by Crippen LogP contribution is -2.48. The SMILES string of the molecule is CSCCC(NC(=O)c1ccccc1Cl)C(=O)N(C)CCCOc1cccc(Cl)c1. The van der Waals surface area contributed by atoms with Crippen molar-refractivity contribution in [3.05, 3.63) is 64.1 Å². The van der Waals surface area contributed by atoms with Crippen LogP contribution in [-0.2, 0) is 4.79 Å². The van der Waals surface area contributed by atoms with Crippen LogP contribution in [0.1, 0.15) is 23.2 Å². The molecule has 2 aromatic rings. The van der Waals surface area contributed by atoms with Crippen LogP contribution in [0, 0.1) is 0 Å². The van der Waals surface area contributed by atoms with Crippen LogP contribution < -0.4 is 10.1 Å². The van der Waals surface area contributed by atoms with Crippen molar-refractivity contribution in [2.24, 2.45) is 0 Å². The van der Waals surface area contributed by atoms with Gasteiger partial charge in [-0.3, -0.25) is 9.59 Å². The van der Waals surface area contributed by atoms with E-state index in [1.54, 1.807) is 60.1 Å². The number of amides is 2. The molecular weight excluding hydrogens is 443 g/mol. The smallest absolute Gasteiger partial charge is 0.253 e. The maximum absolute atomic E-state index is 12.9. The highest BCUT2D eigenvalue weighted by atomic mass is 35.5. The Morgan fingerprint density at radius 2 is 1.93 bits per heavy atom. The Hall–Kier alpha value is -1.89. The summed E-state index contributed by atoms with van der Waals surface area (Å²) in [5, 5.41) is 3.81. The first-order valence-corrected chi connectivity index (χ1v) is 11.7. The first-order valence-electron chi connectivity index (χ1n) is 9.60. The molecule has 1 N–H and O–H groups in total. The molecule has 5 nitrogen and oxygen atoms in total. The summed E-state index contributed by atoms with van der Waals surface area (Å²) in [4.78, 5) is 27.2. The van der Waals surface area contributed by atoms with Gasteiger partial charge in [0.1, 0.15) is 11.8 Å². The zero-order valence-electron chi connectivity index (χ0n) is 17.1. The van der Waals surface area contributed by atoms with E-state index in [1.165, 1.54) is 0 Å². The molecular formula is C22H26Cl2N2O3S. The minimum atomic E-state index is -0.611. The van der Waals surface area contributed by atoms with Crippen LogP contribution in [-0.4, -0.2) is 55.0 Å². The van der Waals surface area contributed by atoms with Gasteiger partial charge in [0.15, 0.2) is 0 Å². The molecule has 30 heavy (non-hydrogen) atoms. The topological polar surface area (TPSA) is 58.6 Å². The molecule has 0 aliphatic carbocycles. The molecule has 2 aromatic carbocycles. The summed E-state index contributed by atoms with van der Waals surface area (Å²) in [5.74, 6) is 0.969. The number of rotatable bonds is 11. The average Bonchev–Trinajstić information content (AvgIpc) is 2.73. The largest absolute Gasteiger partial charge is 0.493 e. The van der Waals surface area contributed by atoms with Gasteiger partial charge in [-0.1, -0.05) is 41.4 Å². The Labute approximate surface area is 192 Å². The fourth-order valence-corrected chi connectivity index (χ4v) is 3.67. The van der Waals surface area contributed by atoms with E-state index in [9.17, 15) is 9.59 Å². The second-order valence-corrected chi connectivity index (χ2v) is 8.54. The molecule has 0 bridgehead atoms. The zero-order chi connectivity index (χ0) is 21.9. The summed E-state index contributed by atoms with van der Waals surface area (Å²) < 4.78 is 5.67. The molecule has 0 heterocycles. The quantitative estimate of drug-likeness (QED) is 0.482. The second kappa shape index (κ2) is 12.7.